The Bertz CT molecular complexity index is 554. The summed E-state index contributed by atoms with van der Waals surface area (Å²) in [5.41, 5.74) is 1.42. The van der Waals surface area contributed by atoms with Crippen LogP contribution in [0.5, 0.6) is 0 Å². The molecule has 2 aromatic rings. The molecular weight excluding hydrogens is 210 g/mol. The summed E-state index contributed by atoms with van der Waals surface area (Å²) in [5.74, 6) is -0.522. The SMILES string of the molecule is Cc1cc(-c2nc(C(=O)O)c(C)o2)n(C)n1. The van der Waals surface area contributed by atoms with Crippen LogP contribution in [0.1, 0.15) is 21.9 Å². The zero-order valence-electron chi connectivity index (χ0n) is 9.18. The molecule has 16 heavy (non-hydrogen) atoms. The lowest BCUT2D eigenvalue weighted by Gasteiger charge is -1.93. The Kier molecular flexibility index (Phi) is 2.26. The molecule has 6 nitrogen and oxygen atoms in total. The Labute approximate surface area is 91.5 Å². The summed E-state index contributed by atoms with van der Waals surface area (Å²) in [7, 11) is 1.75. The first kappa shape index (κ1) is 10.4. The van der Waals surface area contributed by atoms with Crippen LogP contribution in [0, 0.1) is 13.8 Å². The quantitative estimate of drug-likeness (QED) is 0.828. The maximum atomic E-state index is 10.8. The lowest BCUT2D eigenvalue weighted by molar-refractivity contribution is 0.0689. The van der Waals surface area contributed by atoms with Gasteiger partial charge in [0.25, 0.3) is 0 Å². The number of oxazole rings is 1. The summed E-state index contributed by atoms with van der Waals surface area (Å²) in [5, 5.41) is 13.0. The van der Waals surface area contributed by atoms with Gasteiger partial charge in [0.15, 0.2) is 5.69 Å². The molecule has 1 N–H and O–H groups in total. The first-order chi connectivity index (χ1) is 7.49. The van der Waals surface area contributed by atoms with Crippen molar-refractivity contribution in [3.63, 3.8) is 0 Å². The van der Waals surface area contributed by atoms with Crippen LogP contribution in [0.3, 0.4) is 0 Å². The number of carboxylic acid groups (broad SMARTS) is 1. The highest BCUT2D eigenvalue weighted by molar-refractivity contribution is 5.86. The summed E-state index contributed by atoms with van der Waals surface area (Å²) in [6.45, 7) is 3.42. The number of carbonyl (C=O) groups is 1. The van der Waals surface area contributed by atoms with Crippen molar-refractivity contribution in [2.75, 3.05) is 0 Å². The second-order valence-electron chi connectivity index (χ2n) is 3.52. The number of rotatable bonds is 2. The molecule has 2 aromatic heterocycles. The normalized spacial score (nSPS) is 10.7. The predicted molar refractivity (Wildman–Crippen MR) is 55.1 cm³/mol. The molecule has 2 rings (SSSR count). The third-order valence-corrected chi connectivity index (χ3v) is 2.22. The predicted octanol–water partition coefficient (Wildman–Crippen LogP) is 1.39. The fourth-order valence-electron chi connectivity index (χ4n) is 1.52. The molecule has 6 heteroatoms. The van der Waals surface area contributed by atoms with Crippen LogP contribution in [0.15, 0.2) is 10.5 Å². The van der Waals surface area contributed by atoms with E-state index in [1.807, 2.05) is 6.92 Å². The van der Waals surface area contributed by atoms with Crippen LogP contribution < -0.4 is 0 Å². The zero-order chi connectivity index (χ0) is 11.9. The highest BCUT2D eigenvalue weighted by atomic mass is 16.4. The molecule has 0 spiro atoms. The average Bonchev–Trinajstić information content (AvgIpc) is 2.69. The van der Waals surface area contributed by atoms with Crippen LogP contribution in [-0.4, -0.2) is 25.8 Å². The highest BCUT2D eigenvalue weighted by Crippen LogP contribution is 2.21. The van der Waals surface area contributed by atoms with Gasteiger partial charge in [0.2, 0.25) is 5.89 Å². The summed E-state index contributed by atoms with van der Waals surface area (Å²) in [6.07, 6.45) is 0. The van der Waals surface area contributed by atoms with E-state index in [9.17, 15) is 4.79 Å². The van der Waals surface area contributed by atoms with E-state index in [1.165, 1.54) is 0 Å². The summed E-state index contributed by atoms with van der Waals surface area (Å²) >= 11 is 0. The van der Waals surface area contributed by atoms with Crippen LogP contribution in [0.2, 0.25) is 0 Å². The van der Waals surface area contributed by atoms with Crippen LogP contribution in [0.4, 0.5) is 0 Å². The van der Waals surface area contributed by atoms with Crippen molar-refractivity contribution in [2.45, 2.75) is 13.8 Å². The fraction of sp³-hybridized carbons (Fsp3) is 0.300. The monoisotopic (exact) mass is 221 g/mol. The lowest BCUT2D eigenvalue weighted by Crippen LogP contribution is -1.99. The van der Waals surface area contributed by atoms with Crippen molar-refractivity contribution in [3.8, 4) is 11.6 Å². The largest absolute Gasteiger partial charge is 0.476 e. The zero-order valence-corrected chi connectivity index (χ0v) is 9.18. The molecule has 0 aliphatic carbocycles. The third-order valence-electron chi connectivity index (χ3n) is 2.22. The van der Waals surface area contributed by atoms with Crippen molar-refractivity contribution >= 4 is 5.97 Å². The van der Waals surface area contributed by atoms with Crippen molar-refractivity contribution in [2.24, 2.45) is 7.05 Å². The molecule has 0 amide bonds. The first-order valence-electron chi connectivity index (χ1n) is 4.70. The molecule has 0 unspecified atom stereocenters. The minimum Gasteiger partial charge on any atom is -0.476 e. The molecule has 0 atom stereocenters. The van der Waals surface area contributed by atoms with Gasteiger partial charge in [0.05, 0.1) is 5.69 Å². The minimum atomic E-state index is -1.09. The van der Waals surface area contributed by atoms with Gasteiger partial charge in [0.1, 0.15) is 11.5 Å². The molecule has 0 aromatic carbocycles. The molecule has 0 aliphatic heterocycles. The molecule has 0 radical (unpaired) electrons. The van der Waals surface area contributed by atoms with Gasteiger partial charge in [-0.2, -0.15) is 5.10 Å². The van der Waals surface area contributed by atoms with E-state index >= 15 is 0 Å². The van der Waals surface area contributed by atoms with Crippen molar-refractivity contribution in [3.05, 3.63) is 23.2 Å². The van der Waals surface area contributed by atoms with E-state index in [-0.39, 0.29) is 11.6 Å². The maximum Gasteiger partial charge on any atom is 0.358 e. The lowest BCUT2D eigenvalue weighted by atomic mass is 10.3. The smallest absolute Gasteiger partial charge is 0.358 e. The van der Waals surface area contributed by atoms with E-state index in [0.29, 0.717) is 11.5 Å². The Morgan fingerprint density at radius 1 is 1.50 bits per heavy atom. The maximum absolute atomic E-state index is 10.8. The summed E-state index contributed by atoms with van der Waals surface area (Å²) < 4.78 is 6.91. The number of aryl methyl sites for hydroxylation is 3. The summed E-state index contributed by atoms with van der Waals surface area (Å²) in [4.78, 5) is 14.7. The standard InChI is InChI=1S/C10H11N3O3/c1-5-4-7(13(3)12-5)9-11-8(10(14)15)6(2)16-9/h4H,1-3H3,(H,14,15). The molecule has 0 fully saturated rings. The molecule has 0 saturated carbocycles. The number of nitrogens with zero attached hydrogens (tertiary/aromatic N) is 3. The van der Waals surface area contributed by atoms with Gasteiger partial charge in [0, 0.05) is 7.05 Å². The summed E-state index contributed by atoms with van der Waals surface area (Å²) in [6, 6.07) is 1.79. The van der Waals surface area contributed by atoms with Gasteiger partial charge in [-0.3, -0.25) is 4.68 Å². The van der Waals surface area contributed by atoms with E-state index in [2.05, 4.69) is 10.1 Å². The molecule has 0 saturated heterocycles. The van der Waals surface area contributed by atoms with Crippen molar-refractivity contribution < 1.29 is 14.3 Å². The van der Waals surface area contributed by atoms with Gasteiger partial charge in [-0.1, -0.05) is 0 Å². The van der Waals surface area contributed by atoms with Crippen LogP contribution in [0.25, 0.3) is 11.6 Å². The van der Waals surface area contributed by atoms with Gasteiger partial charge in [-0.25, -0.2) is 9.78 Å². The fourth-order valence-corrected chi connectivity index (χ4v) is 1.52. The van der Waals surface area contributed by atoms with E-state index in [0.717, 1.165) is 5.69 Å². The molecule has 0 aliphatic rings. The van der Waals surface area contributed by atoms with Crippen molar-refractivity contribution in [1.82, 2.24) is 14.8 Å². The third kappa shape index (κ3) is 1.58. The number of hydrogen-bond donors (Lipinski definition) is 1. The number of aromatic carboxylic acids is 1. The van der Waals surface area contributed by atoms with Crippen molar-refractivity contribution in [1.29, 1.82) is 0 Å². The topological polar surface area (TPSA) is 81.1 Å². The van der Waals surface area contributed by atoms with E-state index in [1.54, 1.807) is 24.7 Å². The van der Waals surface area contributed by atoms with Gasteiger partial charge in [-0.15, -0.1) is 0 Å². The van der Waals surface area contributed by atoms with Gasteiger partial charge >= 0.3 is 5.97 Å². The van der Waals surface area contributed by atoms with E-state index < -0.39 is 5.97 Å². The molecule has 0 bridgehead atoms. The van der Waals surface area contributed by atoms with Gasteiger partial charge < -0.3 is 9.52 Å². The number of carboxylic acids is 1. The number of aromatic nitrogens is 3. The van der Waals surface area contributed by atoms with Crippen LogP contribution in [-0.2, 0) is 7.05 Å². The number of hydrogen-bond acceptors (Lipinski definition) is 4. The Hall–Kier alpha value is -2.11. The minimum absolute atomic E-state index is 0.0612. The molecular formula is C10H11N3O3. The van der Waals surface area contributed by atoms with E-state index in [4.69, 9.17) is 9.52 Å². The first-order valence-corrected chi connectivity index (χ1v) is 4.70. The Morgan fingerprint density at radius 2 is 2.19 bits per heavy atom. The Balaban J connectivity index is 2.53. The molecule has 84 valence electrons. The second-order valence-corrected chi connectivity index (χ2v) is 3.52. The second kappa shape index (κ2) is 3.48. The highest BCUT2D eigenvalue weighted by Gasteiger charge is 2.19. The average molecular weight is 221 g/mol. The molecule has 2 heterocycles. The Morgan fingerprint density at radius 3 is 2.62 bits per heavy atom. The van der Waals surface area contributed by atoms with Gasteiger partial charge in [-0.05, 0) is 19.9 Å². The van der Waals surface area contributed by atoms with Crippen LogP contribution >= 0.6 is 0 Å².